The van der Waals surface area contributed by atoms with Gasteiger partial charge in [0.15, 0.2) is 0 Å². The number of amides is 2. The van der Waals surface area contributed by atoms with Crippen LogP contribution in [0.2, 0.25) is 0 Å². The molecule has 0 unspecified atom stereocenters. The van der Waals surface area contributed by atoms with Crippen LogP contribution in [0.15, 0.2) is 40.0 Å². The van der Waals surface area contributed by atoms with Crippen LogP contribution in [-0.2, 0) is 11.3 Å². The van der Waals surface area contributed by atoms with Crippen LogP contribution >= 0.6 is 11.3 Å². The minimum Gasteiger partial charge on any atom is -0.367 e. The first-order chi connectivity index (χ1) is 11.6. The molecule has 0 radical (unpaired) electrons. The highest BCUT2D eigenvalue weighted by Crippen LogP contribution is 2.27. The van der Waals surface area contributed by atoms with E-state index in [0.717, 1.165) is 5.56 Å². The summed E-state index contributed by atoms with van der Waals surface area (Å²) in [5, 5.41) is 6.94. The number of hydrogen-bond acceptors (Lipinski definition) is 4. The number of thiophene rings is 1. The Kier molecular flexibility index (Phi) is 5.01. The lowest BCUT2D eigenvalue weighted by molar-refractivity contribution is -0.0640. The fourth-order valence-corrected chi connectivity index (χ4v) is 3.52. The molecule has 2 atom stereocenters. The molecule has 0 aliphatic carbocycles. The van der Waals surface area contributed by atoms with Crippen LogP contribution in [0.5, 0.6) is 0 Å². The van der Waals surface area contributed by atoms with Crippen LogP contribution in [0.1, 0.15) is 25.5 Å². The number of nitrogens with one attached hydrogen (secondary N) is 1. The van der Waals surface area contributed by atoms with E-state index >= 15 is 0 Å². The van der Waals surface area contributed by atoms with Gasteiger partial charge in [0.05, 0.1) is 18.3 Å². The third-order valence-corrected chi connectivity index (χ3v) is 4.74. The van der Waals surface area contributed by atoms with Gasteiger partial charge in [-0.05, 0) is 42.3 Å². The molecule has 1 fully saturated rings. The minimum atomic E-state index is -0.174. The second-order valence-electron chi connectivity index (χ2n) is 5.87. The van der Waals surface area contributed by atoms with E-state index in [9.17, 15) is 9.59 Å². The Morgan fingerprint density at radius 3 is 2.92 bits per heavy atom. The Balaban J connectivity index is 1.71. The molecular weight excluding hydrogens is 326 g/mol. The molecule has 7 heteroatoms. The number of anilines is 1. The molecule has 2 amide bonds. The maximum Gasteiger partial charge on any atom is 0.322 e. The van der Waals surface area contributed by atoms with E-state index in [2.05, 4.69) is 10.7 Å². The second-order valence-corrected chi connectivity index (χ2v) is 6.65. The zero-order valence-corrected chi connectivity index (χ0v) is 14.6. The van der Waals surface area contributed by atoms with Gasteiger partial charge in [0.1, 0.15) is 6.10 Å². The smallest absolute Gasteiger partial charge is 0.322 e. The predicted molar refractivity (Wildman–Crippen MR) is 94.6 cm³/mol. The number of ether oxygens (including phenoxy) is 1. The van der Waals surface area contributed by atoms with Crippen LogP contribution in [-0.4, -0.2) is 34.7 Å². The summed E-state index contributed by atoms with van der Waals surface area (Å²) in [5.41, 5.74) is 1.64. The summed E-state index contributed by atoms with van der Waals surface area (Å²) >= 11 is 1.62. The van der Waals surface area contributed by atoms with Gasteiger partial charge < -0.3 is 19.5 Å². The number of hydrogen-bond donors (Lipinski definition) is 1. The van der Waals surface area contributed by atoms with Crippen molar-refractivity contribution in [1.29, 1.82) is 0 Å². The Morgan fingerprint density at radius 1 is 1.38 bits per heavy atom. The fourth-order valence-electron chi connectivity index (χ4n) is 2.81. The van der Waals surface area contributed by atoms with Crippen molar-refractivity contribution in [3.63, 3.8) is 0 Å². The molecule has 2 aromatic rings. The summed E-state index contributed by atoms with van der Waals surface area (Å²) in [5.74, 6) is 0. The van der Waals surface area contributed by atoms with Crippen molar-refractivity contribution in [1.82, 2.24) is 9.47 Å². The van der Waals surface area contributed by atoms with Gasteiger partial charge in [-0.15, -0.1) is 0 Å². The summed E-state index contributed by atoms with van der Waals surface area (Å²) in [7, 11) is 0. The summed E-state index contributed by atoms with van der Waals surface area (Å²) in [6.07, 6.45) is 1.54. The van der Waals surface area contributed by atoms with Crippen LogP contribution in [0.4, 0.5) is 10.5 Å². The number of urea groups is 1. The van der Waals surface area contributed by atoms with Gasteiger partial charge in [-0.1, -0.05) is 0 Å². The molecule has 0 spiro atoms. The first-order valence-electron chi connectivity index (χ1n) is 8.00. The van der Waals surface area contributed by atoms with Crippen LogP contribution < -0.4 is 10.9 Å². The number of nitrogens with zero attached hydrogens (tertiary/aromatic N) is 2. The lowest BCUT2D eigenvalue weighted by Crippen LogP contribution is -2.47. The number of rotatable bonds is 3. The molecule has 3 heterocycles. The average molecular weight is 347 g/mol. The Bertz CT molecular complexity index is 757. The molecule has 1 N–H and O–H groups in total. The molecule has 3 rings (SSSR count). The lowest BCUT2D eigenvalue weighted by atomic mass is 10.1. The maximum absolute atomic E-state index is 12.6. The minimum absolute atomic E-state index is 0.0287. The summed E-state index contributed by atoms with van der Waals surface area (Å²) in [6, 6.07) is 4.95. The highest BCUT2D eigenvalue weighted by molar-refractivity contribution is 7.07. The molecule has 0 bridgehead atoms. The second kappa shape index (κ2) is 7.19. The van der Waals surface area contributed by atoms with Gasteiger partial charge in [-0.2, -0.15) is 11.3 Å². The number of aryl methyl sites for hydroxylation is 1. The molecule has 0 saturated carbocycles. The zero-order valence-electron chi connectivity index (χ0n) is 13.8. The normalized spacial score (nSPS) is 20.8. The van der Waals surface area contributed by atoms with E-state index in [1.165, 1.54) is 6.07 Å². The Labute approximate surface area is 144 Å². The van der Waals surface area contributed by atoms with Gasteiger partial charge in [0.25, 0.3) is 5.56 Å². The maximum atomic E-state index is 12.6. The lowest BCUT2D eigenvalue weighted by Gasteiger charge is -2.36. The monoisotopic (exact) mass is 347 g/mol. The van der Waals surface area contributed by atoms with Gasteiger partial charge in [0.2, 0.25) is 0 Å². The fraction of sp³-hybridized carbons (Fsp3) is 0.412. The number of pyridine rings is 1. The van der Waals surface area contributed by atoms with Crippen molar-refractivity contribution in [3.8, 4) is 0 Å². The molecule has 1 saturated heterocycles. The highest BCUT2D eigenvalue weighted by Gasteiger charge is 2.29. The molecule has 6 nitrogen and oxygen atoms in total. The van der Waals surface area contributed by atoms with Crippen molar-refractivity contribution in [2.24, 2.45) is 0 Å². The SMILES string of the molecule is CCn1cc(NC(=O)N2C[C@@H](c3ccsc3)O[C@@H](C)C2)ccc1=O. The summed E-state index contributed by atoms with van der Waals surface area (Å²) in [6.45, 7) is 5.48. The van der Waals surface area contributed by atoms with Gasteiger partial charge in [-0.3, -0.25) is 4.79 Å². The molecule has 1 aliphatic heterocycles. The van der Waals surface area contributed by atoms with Gasteiger partial charge >= 0.3 is 6.03 Å². The third kappa shape index (κ3) is 3.68. The average Bonchev–Trinajstić information content (AvgIpc) is 3.10. The van der Waals surface area contributed by atoms with Crippen LogP contribution in [0.25, 0.3) is 0 Å². The topological polar surface area (TPSA) is 63.6 Å². The first-order valence-corrected chi connectivity index (χ1v) is 8.95. The summed E-state index contributed by atoms with van der Waals surface area (Å²) < 4.78 is 7.51. The van der Waals surface area contributed by atoms with Crippen molar-refractivity contribution >= 4 is 23.1 Å². The highest BCUT2D eigenvalue weighted by atomic mass is 32.1. The zero-order chi connectivity index (χ0) is 17.1. The third-order valence-electron chi connectivity index (χ3n) is 4.04. The van der Waals surface area contributed by atoms with E-state index in [-0.39, 0.29) is 23.8 Å². The first kappa shape index (κ1) is 16.7. The van der Waals surface area contributed by atoms with E-state index in [0.29, 0.717) is 25.3 Å². The quantitative estimate of drug-likeness (QED) is 0.928. The number of carbonyl (C=O) groups excluding carboxylic acids is 1. The van der Waals surface area contributed by atoms with Crippen LogP contribution in [0, 0.1) is 0 Å². The Hall–Kier alpha value is -2.12. The molecule has 128 valence electrons. The van der Waals surface area contributed by atoms with Gasteiger partial charge in [-0.25, -0.2) is 4.79 Å². The molecule has 0 aromatic carbocycles. The standard InChI is InChI=1S/C17H21N3O3S/c1-3-19-9-14(4-5-16(19)21)18-17(22)20-8-12(2)23-15(10-20)13-6-7-24-11-13/h4-7,9,11-12,15H,3,8,10H2,1-2H3,(H,18,22)/t12-,15-/m0/s1. The molecule has 24 heavy (non-hydrogen) atoms. The number of aromatic nitrogens is 1. The number of carbonyl (C=O) groups is 1. The molecular formula is C17H21N3O3S. The van der Waals surface area contributed by atoms with Gasteiger partial charge in [0, 0.05) is 25.4 Å². The van der Waals surface area contributed by atoms with Crippen molar-refractivity contribution < 1.29 is 9.53 Å². The Morgan fingerprint density at radius 2 is 2.21 bits per heavy atom. The molecule has 1 aliphatic rings. The predicted octanol–water partition coefficient (Wildman–Crippen LogP) is 2.92. The van der Waals surface area contributed by atoms with E-state index in [1.54, 1.807) is 33.1 Å². The van der Waals surface area contributed by atoms with Crippen molar-refractivity contribution in [2.75, 3.05) is 18.4 Å². The van der Waals surface area contributed by atoms with E-state index < -0.39 is 0 Å². The molecule has 2 aromatic heterocycles. The van der Waals surface area contributed by atoms with E-state index in [4.69, 9.17) is 4.74 Å². The number of morpholine rings is 1. The van der Waals surface area contributed by atoms with E-state index in [1.807, 2.05) is 25.3 Å². The van der Waals surface area contributed by atoms with Crippen LogP contribution in [0.3, 0.4) is 0 Å². The van der Waals surface area contributed by atoms with Crippen molar-refractivity contribution in [3.05, 3.63) is 51.1 Å². The largest absolute Gasteiger partial charge is 0.367 e. The van der Waals surface area contributed by atoms with Crippen molar-refractivity contribution in [2.45, 2.75) is 32.6 Å². The summed E-state index contributed by atoms with van der Waals surface area (Å²) in [4.78, 5) is 26.0.